The van der Waals surface area contributed by atoms with Gasteiger partial charge in [-0.1, -0.05) is 6.07 Å². The van der Waals surface area contributed by atoms with Crippen LogP contribution in [0.5, 0.6) is 5.75 Å². The molecule has 0 aliphatic rings. The van der Waals surface area contributed by atoms with Gasteiger partial charge in [0.05, 0.1) is 6.61 Å². The highest BCUT2D eigenvalue weighted by atomic mass is 35.5. The molecule has 0 heterocycles. The van der Waals surface area contributed by atoms with Crippen molar-refractivity contribution in [3.05, 3.63) is 59.2 Å². The molecule has 2 rings (SSSR count). The molecule has 7 heteroatoms. The van der Waals surface area contributed by atoms with Crippen LogP contribution in [0.25, 0.3) is 0 Å². The topological polar surface area (TPSA) is 108 Å². The Bertz CT molecular complexity index is 748. The lowest BCUT2D eigenvalue weighted by molar-refractivity contribution is -0.138. The minimum atomic E-state index is -0.987. The SMILES string of the molecule is CCOc1cc(C)cc(C(Nc2ccc(C(=N)N)cc2)C(=O)O)c1.Cl. The zero-order valence-electron chi connectivity index (χ0n) is 14.1. The second kappa shape index (κ2) is 8.94. The van der Waals surface area contributed by atoms with Crippen LogP contribution in [0.3, 0.4) is 0 Å². The molecule has 0 saturated heterocycles. The van der Waals surface area contributed by atoms with Gasteiger partial charge in [0.1, 0.15) is 11.6 Å². The maximum atomic E-state index is 11.7. The predicted molar refractivity (Wildman–Crippen MR) is 101 cm³/mol. The molecule has 1 atom stereocenters. The lowest BCUT2D eigenvalue weighted by atomic mass is 10.0. The summed E-state index contributed by atoms with van der Waals surface area (Å²) in [5, 5.41) is 20.0. The van der Waals surface area contributed by atoms with E-state index in [4.69, 9.17) is 15.9 Å². The van der Waals surface area contributed by atoms with Crippen LogP contribution in [-0.2, 0) is 4.79 Å². The van der Waals surface area contributed by atoms with E-state index in [1.807, 2.05) is 26.0 Å². The molecule has 0 aromatic heterocycles. The Kier molecular flexibility index (Phi) is 7.26. The molecule has 0 aliphatic carbocycles. The smallest absolute Gasteiger partial charge is 0.330 e. The quantitative estimate of drug-likeness (QED) is 0.445. The minimum absolute atomic E-state index is 0. The number of nitrogens with two attached hydrogens (primary N) is 1. The molecule has 0 amide bonds. The third kappa shape index (κ3) is 5.39. The first-order valence-corrected chi connectivity index (χ1v) is 7.59. The molecule has 1 unspecified atom stereocenters. The largest absolute Gasteiger partial charge is 0.494 e. The van der Waals surface area contributed by atoms with Gasteiger partial charge in [-0.2, -0.15) is 0 Å². The van der Waals surface area contributed by atoms with E-state index < -0.39 is 12.0 Å². The lowest BCUT2D eigenvalue weighted by Gasteiger charge is -2.18. The Hall–Kier alpha value is -2.73. The van der Waals surface area contributed by atoms with Gasteiger partial charge >= 0.3 is 5.97 Å². The second-order valence-electron chi connectivity index (χ2n) is 5.42. The zero-order chi connectivity index (χ0) is 17.7. The number of ether oxygens (including phenoxy) is 1. The molecule has 2 aromatic carbocycles. The van der Waals surface area contributed by atoms with Crippen LogP contribution < -0.4 is 15.8 Å². The number of carboxylic acid groups (broad SMARTS) is 1. The highest BCUT2D eigenvalue weighted by molar-refractivity contribution is 5.95. The van der Waals surface area contributed by atoms with Gasteiger partial charge in [0.25, 0.3) is 0 Å². The Balaban J connectivity index is 0.00000312. The van der Waals surface area contributed by atoms with Gasteiger partial charge in [-0.3, -0.25) is 5.41 Å². The molecule has 0 fully saturated rings. The summed E-state index contributed by atoms with van der Waals surface area (Å²) in [6.45, 7) is 4.29. The third-order valence-electron chi connectivity index (χ3n) is 3.47. The highest BCUT2D eigenvalue weighted by Gasteiger charge is 2.21. The first kappa shape index (κ1) is 20.3. The molecule has 0 radical (unpaired) electrons. The van der Waals surface area contributed by atoms with Gasteiger partial charge < -0.3 is 20.9 Å². The average Bonchev–Trinajstić information content (AvgIpc) is 2.52. The van der Waals surface area contributed by atoms with E-state index in [9.17, 15) is 9.90 Å². The Morgan fingerprint density at radius 1 is 1.28 bits per heavy atom. The van der Waals surface area contributed by atoms with Gasteiger partial charge in [-0.05, 0) is 61.4 Å². The summed E-state index contributed by atoms with van der Waals surface area (Å²) >= 11 is 0. The van der Waals surface area contributed by atoms with E-state index in [2.05, 4.69) is 5.32 Å². The number of carbonyl (C=O) groups is 1. The van der Waals surface area contributed by atoms with Crippen molar-refractivity contribution in [1.82, 2.24) is 0 Å². The van der Waals surface area contributed by atoms with Crippen molar-refractivity contribution < 1.29 is 14.6 Å². The summed E-state index contributed by atoms with van der Waals surface area (Å²) in [6, 6.07) is 11.2. The number of benzene rings is 2. The summed E-state index contributed by atoms with van der Waals surface area (Å²) in [5.74, 6) is -0.373. The second-order valence-corrected chi connectivity index (χ2v) is 5.42. The fourth-order valence-electron chi connectivity index (χ4n) is 2.39. The van der Waals surface area contributed by atoms with Crippen LogP contribution in [0.1, 0.15) is 29.7 Å². The lowest BCUT2D eigenvalue weighted by Crippen LogP contribution is -2.21. The van der Waals surface area contributed by atoms with Crippen molar-refractivity contribution in [3.8, 4) is 5.75 Å². The number of aliphatic carboxylic acids is 1. The van der Waals surface area contributed by atoms with Crippen LogP contribution in [0.15, 0.2) is 42.5 Å². The van der Waals surface area contributed by atoms with Gasteiger partial charge in [0, 0.05) is 11.3 Å². The number of nitrogens with one attached hydrogen (secondary N) is 2. The van der Waals surface area contributed by atoms with Crippen LogP contribution >= 0.6 is 12.4 Å². The van der Waals surface area contributed by atoms with Gasteiger partial charge in [0.2, 0.25) is 0 Å². The Morgan fingerprint density at radius 2 is 1.92 bits per heavy atom. The van der Waals surface area contributed by atoms with Crippen molar-refractivity contribution in [3.63, 3.8) is 0 Å². The summed E-state index contributed by atoms with van der Waals surface area (Å²) in [7, 11) is 0. The fraction of sp³-hybridized carbons (Fsp3) is 0.222. The average molecular weight is 364 g/mol. The molecular formula is C18H22ClN3O3. The predicted octanol–water partition coefficient (Wildman–Crippen LogP) is 3.34. The molecule has 5 N–H and O–H groups in total. The summed E-state index contributed by atoms with van der Waals surface area (Å²) < 4.78 is 5.49. The molecule has 0 bridgehead atoms. The minimum Gasteiger partial charge on any atom is -0.494 e. The molecule has 0 spiro atoms. The highest BCUT2D eigenvalue weighted by Crippen LogP contribution is 2.25. The maximum absolute atomic E-state index is 11.7. The van der Waals surface area contributed by atoms with Crippen molar-refractivity contribution in [2.75, 3.05) is 11.9 Å². The van der Waals surface area contributed by atoms with Crippen LogP contribution in [0.2, 0.25) is 0 Å². The van der Waals surface area contributed by atoms with Crippen molar-refractivity contribution >= 4 is 29.9 Å². The summed E-state index contributed by atoms with van der Waals surface area (Å²) in [6.07, 6.45) is 0. The fourth-order valence-corrected chi connectivity index (χ4v) is 2.39. The van der Waals surface area contributed by atoms with Gasteiger partial charge in [0.15, 0.2) is 6.04 Å². The number of carboxylic acids is 1. The number of hydrogen-bond acceptors (Lipinski definition) is 4. The van der Waals surface area contributed by atoms with Crippen LogP contribution in [0.4, 0.5) is 5.69 Å². The van der Waals surface area contributed by atoms with Gasteiger partial charge in [-0.15, -0.1) is 12.4 Å². The molecule has 0 aliphatic heterocycles. The number of aryl methyl sites for hydroxylation is 1. The number of rotatable bonds is 7. The summed E-state index contributed by atoms with van der Waals surface area (Å²) in [4.78, 5) is 11.7. The number of hydrogen-bond donors (Lipinski definition) is 4. The first-order valence-electron chi connectivity index (χ1n) is 7.59. The van der Waals surface area contributed by atoms with Crippen molar-refractivity contribution in [2.24, 2.45) is 5.73 Å². The number of amidine groups is 1. The van der Waals surface area contributed by atoms with E-state index in [-0.39, 0.29) is 18.2 Å². The van der Waals surface area contributed by atoms with Gasteiger partial charge in [-0.25, -0.2) is 4.79 Å². The first-order chi connectivity index (χ1) is 11.4. The van der Waals surface area contributed by atoms with Crippen molar-refractivity contribution in [2.45, 2.75) is 19.9 Å². The molecule has 2 aromatic rings. The van der Waals surface area contributed by atoms with E-state index in [0.717, 1.165) is 5.56 Å². The Morgan fingerprint density at radius 3 is 2.44 bits per heavy atom. The van der Waals surface area contributed by atoms with E-state index in [0.29, 0.717) is 29.2 Å². The molecule has 0 saturated carbocycles. The molecular weight excluding hydrogens is 342 g/mol. The summed E-state index contributed by atoms with van der Waals surface area (Å²) in [5.41, 5.74) is 8.18. The number of halogens is 1. The molecule has 25 heavy (non-hydrogen) atoms. The molecule has 134 valence electrons. The van der Waals surface area contributed by atoms with E-state index in [1.54, 1.807) is 30.3 Å². The van der Waals surface area contributed by atoms with Crippen LogP contribution in [-0.4, -0.2) is 23.5 Å². The third-order valence-corrected chi connectivity index (χ3v) is 3.47. The number of anilines is 1. The normalized spacial score (nSPS) is 11.1. The zero-order valence-corrected chi connectivity index (χ0v) is 14.9. The van der Waals surface area contributed by atoms with Crippen LogP contribution in [0, 0.1) is 12.3 Å². The molecule has 6 nitrogen and oxygen atoms in total. The Labute approximate surface area is 152 Å². The van der Waals surface area contributed by atoms with Crippen molar-refractivity contribution in [1.29, 1.82) is 5.41 Å². The standard InChI is InChI=1S/C18H21N3O3.ClH/c1-3-24-15-9-11(2)8-13(10-15)16(18(22)23)21-14-6-4-12(5-7-14)17(19)20;/h4-10,16,21H,3H2,1-2H3,(H3,19,20)(H,22,23);1H. The van der Waals surface area contributed by atoms with E-state index in [1.165, 1.54) is 0 Å². The monoisotopic (exact) mass is 363 g/mol. The van der Waals surface area contributed by atoms with E-state index >= 15 is 0 Å². The number of nitrogen functional groups attached to an aromatic ring is 1. The maximum Gasteiger partial charge on any atom is 0.330 e.